The molecule has 0 aromatic heterocycles. The first-order valence-electron chi connectivity index (χ1n) is 6.46. The Labute approximate surface area is 98.7 Å². The van der Waals surface area contributed by atoms with Crippen molar-refractivity contribution >= 4 is 5.90 Å². The van der Waals surface area contributed by atoms with E-state index < -0.39 is 0 Å². The molecule has 1 N–H and O–H groups in total. The molecule has 0 amide bonds. The maximum atomic E-state index is 5.99. The Morgan fingerprint density at radius 3 is 2.88 bits per heavy atom. The third kappa shape index (κ3) is 3.21. The number of hydrogen-bond acceptors (Lipinski definition) is 3. The van der Waals surface area contributed by atoms with Crippen molar-refractivity contribution in [2.45, 2.75) is 46.1 Å². The van der Waals surface area contributed by atoms with Gasteiger partial charge in [0.05, 0.1) is 6.54 Å². The van der Waals surface area contributed by atoms with E-state index in [0.717, 1.165) is 32.0 Å². The highest BCUT2D eigenvalue weighted by Crippen LogP contribution is 2.27. The van der Waals surface area contributed by atoms with Crippen LogP contribution in [0.15, 0.2) is 4.99 Å². The van der Waals surface area contributed by atoms with Crippen LogP contribution in [0.1, 0.15) is 40.0 Å². The number of nitrogens with one attached hydrogen (secondary N) is 1. The molecule has 0 radical (unpaired) electrons. The number of aliphatic imine (C=N–C) groups is 1. The van der Waals surface area contributed by atoms with Crippen LogP contribution in [0.5, 0.6) is 0 Å². The SMILES string of the molecule is CC(C)(C)CC1CN=C(C2CCCNC2)O1. The molecule has 1 fully saturated rings. The summed E-state index contributed by atoms with van der Waals surface area (Å²) in [6, 6.07) is 0. The fourth-order valence-electron chi connectivity index (χ4n) is 2.51. The van der Waals surface area contributed by atoms with E-state index in [1.165, 1.54) is 12.8 Å². The van der Waals surface area contributed by atoms with Crippen LogP contribution in [0.25, 0.3) is 0 Å². The van der Waals surface area contributed by atoms with E-state index in [4.69, 9.17) is 4.74 Å². The van der Waals surface area contributed by atoms with Gasteiger partial charge in [0.2, 0.25) is 0 Å². The highest BCUT2D eigenvalue weighted by Gasteiger charge is 2.30. The average molecular weight is 224 g/mol. The fourth-order valence-corrected chi connectivity index (χ4v) is 2.51. The largest absolute Gasteiger partial charge is 0.475 e. The predicted molar refractivity (Wildman–Crippen MR) is 66.8 cm³/mol. The number of piperidine rings is 1. The average Bonchev–Trinajstić information content (AvgIpc) is 2.65. The van der Waals surface area contributed by atoms with Crippen molar-refractivity contribution in [3.8, 4) is 0 Å². The molecule has 0 aromatic carbocycles. The van der Waals surface area contributed by atoms with Gasteiger partial charge in [-0.2, -0.15) is 0 Å². The Morgan fingerprint density at radius 1 is 1.44 bits per heavy atom. The van der Waals surface area contributed by atoms with Gasteiger partial charge < -0.3 is 10.1 Å². The summed E-state index contributed by atoms with van der Waals surface area (Å²) in [7, 11) is 0. The Kier molecular flexibility index (Phi) is 3.53. The lowest BCUT2D eigenvalue weighted by molar-refractivity contribution is 0.150. The molecule has 1 saturated heterocycles. The molecule has 0 bridgehead atoms. The normalized spacial score (nSPS) is 31.1. The molecule has 2 heterocycles. The molecular formula is C13H24N2O. The molecule has 0 saturated carbocycles. The first-order valence-corrected chi connectivity index (χ1v) is 6.46. The number of nitrogens with zero attached hydrogens (tertiary/aromatic N) is 1. The lowest BCUT2D eigenvalue weighted by atomic mass is 9.89. The Bertz CT molecular complexity index is 262. The van der Waals surface area contributed by atoms with Gasteiger partial charge in [-0.15, -0.1) is 0 Å². The zero-order valence-electron chi connectivity index (χ0n) is 10.8. The number of ether oxygens (including phenoxy) is 1. The van der Waals surface area contributed by atoms with Crippen LogP contribution < -0.4 is 5.32 Å². The summed E-state index contributed by atoms with van der Waals surface area (Å²) >= 11 is 0. The first-order chi connectivity index (χ1) is 7.54. The maximum absolute atomic E-state index is 5.99. The Morgan fingerprint density at radius 2 is 2.25 bits per heavy atom. The van der Waals surface area contributed by atoms with Crippen molar-refractivity contribution < 1.29 is 4.74 Å². The second kappa shape index (κ2) is 4.74. The molecule has 3 heteroatoms. The second-order valence-corrected chi connectivity index (χ2v) is 6.23. The summed E-state index contributed by atoms with van der Waals surface area (Å²) < 4.78 is 5.99. The molecule has 2 rings (SSSR count). The zero-order chi connectivity index (χ0) is 11.6. The van der Waals surface area contributed by atoms with Gasteiger partial charge in [-0.1, -0.05) is 20.8 Å². The first kappa shape index (κ1) is 11.9. The minimum absolute atomic E-state index is 0.317. The van der Waals surface area contributed by atoms with Gasteiger partial charge in [0.1, 0.15) is 6.10 Å². The van der Waals surface area contributed by atoms with Gasteiger partial charge in [-0.3, -0.25) is 4.99 Å². The summed E-state index contributed by atoms with van der Waals surface area (Å²) in [5.74, 6) is 1.54. The minimum Gasteiger partial charge on any atom is -0.475 e. The summed E-state index contributed by atoms with van der Waals surface area (Å²) in [5, 5.41) is 3.41. The van der Waals surface area contributed by atoms with Crippen LogP contribution in [-0.4, -0.2) is 31.6 Å². The lowest BCUT2D eigenvalue weighted by Crippen LogP contribution is -2.35. The fraction of sp³-hybridized carbons (Fsp3) is 0.923. The molecule has 2 unspecified atom stereocenters. The van der Waals surface area contributed by atoms with Gasteiger partial charge in [0.25, 0.3) is 0 Å². The third-order valence-corrected chi connectivity index (χ3v) is 3.22. The van der Waals surface area contributed by atoms with Crippen molar-refractivity contribution in [1.82, 2.24) is 5.32 Å². The molecule has 0 aliphatic carbocycles. The van der Waals surface area contributed by atoms with Crippen molar-refractivity contribution in [3.05, 3.63) is 0 Å². The van der Waals surface area contributed by atoms with Crippen LogP contribution in [0, 0.1) is 11.3 Å². The monoisotopic (exact) mass is 224 g/mol. The van der Waals surface area contributed by atoms with E-state index in [0.29, 0.717) is 17.4 Å². The number of hydrogen-bond donors (Lipinski definition) is 1. The third-order valence-electron chi connectivity index (χ3n) is 3.22. The summed E-state index contributed by atoms with van der Waals surface area (Å²) in [5.41, 5.74) is 0.334. The van der Waals surface area contributed by atoms with Gasteiger partial charge >= 0.3 is 0 Å². The molecule has 2 atom stereocenters. The highest BCUT2D eigenvalue weighted by atomic mass is 16.5. The van der Waals surface area contributed by atoms with E-state index >= 15 is 0 Å². The summed E-state index contributed by atoms with van der Waals surface area (Å²) in [6.45, 7) is 9.84. The van der Waals surface area contributed by atoms with E-state index in [1.54, 1.807) is 0 Å². The van der Waals surface area contributed by atoms with Crippen molar-refractivity contribution in [1.29, 1.82) is 0 Å². The molecule has 92 valence electrons. The van der Waals surface area contributed by atoms with Crippen molar-refractivity contribution in [2.75, 3.05) is 19.6 Å². The van der Waals surface area contributed by atoms with Gasteiger partial charge in [0.15, 0.2) is 5.90 Å². The van der Waals surface area contributed by atoms with Gasteiger partial charge in [-0.05, 0) is 31.2 Å². The Hall–Kier alpha value is -0.570. The summed E-state index contributed by atoms with van der Waals surface area (Å²) in [6.07, 6.45) is 3.89. The predicted octanol–water partition coefficient (Wildman–Crippen LogP) is 2.22. The molecule has 0 aromatic rings. The number of rotatable bonds is 2. The van der Waals surface area contributed by atoms with Crippen molar-refractivity contribution in [2.24, 2.45) is 16.3 Å². The highest BCUT2D eigenvalue weighted by molar-refractivity contribution is 5.80. The van der Waals surface area contributed by atoms with Crippen LogP contribution >= 0.6 is 0 Å². The van der Waals surface area contributed by atoms with Gasteiger partial charge in [0, 0.05) is 12.5 Å². The minimum atomic E-state index is 0.317. The maximum Gasteiger partial charge on any atom is 0.188 e. The topological polar surface area (TPSA) is 33.6 Å². The second-order valence-electron chi connectivity index (χ2n) is 6.23. The van der Waals surface area contributed by atoms with E-state index in [1.807, 2.05) is 0 Å². The molecule has 0 spiro atoms. The van der Waals surface area contributed by atoms with Crippen LogP contribution in [0.4, 0.5) is 0 Å². The zero-order valence-corrected chi connectivity index (χ0v) is 10.8. The summed E-state index contributed by atoms with van der Waals surface area (Å²) in [4.78, 5) is 4.58. The van der Waals surface area contributed by atoms with Crippen LogP contribution in [-0.2, 0) is 4.74 Å². The van der Waals surface area contributed by atoms with Crippen LogP contribution in [0.3, 0.4) is 0 Å². The van der Waals surface area contributed by atoms with Gasteiger partial charge in [-0.25, -0.2) is 0 Å². The molecule has 2 aliphatic rings. The smallest absolute Gasteiger partial charge is 0.188 e. The van der Waals surface area contributed by atoms with Crippen molar-refractivity contribution in [3.63, 3.8) is 0 Å². The van der Waals surface area contributed by atoms with E-state index in [9.17, 15) is 0 Å². The molecule has 3 nitrogen and oxygen atoms in total. The quantitative estimate of drug-likeness (QED) is 0.780. The van der Waals surface area contributed by atoms with E-state index in [2.05, 4.69) is 31.1 Å². The van der Waals surface area contributed by atoms with Crippen LogP contribution in [0.2, 0.25) is 0 Å². The standard InChI is InChI=1S/C13H24N2O/c1-13(2,3)7-11-9-15-12(16-11)10-5-4-6-14-8-10/h10-11,14H,4-9H2,1-3H3. The lowest BCUT2D eigenvalue weighted by Gasteiger charge is -2.25. The Balaban J connectivity index is 1.82. The molecular weight excluding hydrogens is 200 g/mol. The molecule has 16 heavy (non-hydrogen) atoms. The molecule has 2 aliphatic heterocycles. The van der Waals surface area contributed by atoms with E-state index in [-0.39, 0.29) is 0 Å².